The first-order chi connectivity index (χ1) is 11.1. The molecule has 1 saturated heterocycles. The molecule has 7 heteroatoms. The number of amides is 1. The van der Waals surface area contributed by atoms with E-state index in [4.69, 9.17) is 14.4 Å². The van der Waals surface area contributed by atoms with Crippen molar-refractivity contribution in [3.8, 4) is 0 Å². The molecule has 7 nitrogen and oxygen atoms in total. The summed E-state index contributed by atoms with van der Waals surface area (Å²) < 4.78 is 4.99. The lowest BCUT2D eigenvalue weighted by Crippen LogP contribution is -2.42. The highest BCUT2D eigenvalue weighted by atomic mass is 16.7. The van der Waals surface area contributed by atoms with Crippen molar-refractivity contribution in [1.82, 2.24) is 10.1 Å². The summed E-state index contributed by atoms with van der Waals surface area (Å²) in [5.41, 5.74) is 0.981. The normalized spacial score (nSPS) is 21.2. The number of ether oxygens (including phenoxy) is 1. The van der Waals surface area contributed by atoms with E-state index in [-0.39, 0.29) is 18.9 Å². The van der Waals surface area contributed by atoms with Gasteiger partial charge in [-0.1, -0.05) is 30.3 Å². The second kappa shape index (κ2) is 8.05. The fraction of sp³-hybridized carbons (Fsp3) is 0.500. The largest absolute Gasteiger partial charge is 0.464 e. The summed E-state index contributed by atoms with van der Waals surface area (Å²) in [6.07, 6.45) is -0.545. The number of carbonyl (C=O) groups is 2. The zero-order valence-electron chi connectivity index (χ0n) is 13.6. The van der Waals surface area contributed by atoms with Crippen LogP contribution in [0.15, 0.2) is 30.3 Å². The van der Waals surface area contributed by atoms with Crippen molar-refractivity contribution < 1.29 is 24.0 Å². The Labute approximate surface area is 135 Å². The standard InChI is InChI=1S/C16H22N2O5/c1-4-22-16(20)14-10-13(15(19)17(2)21-3)18(23-14)11-12-8-6-5-7-9-12/h5-9,13-14H,4,10-11H2,1-3H3/t13-,14-/m1/s1. The number of benzene rings is 1. The van der Waals surface area contributed by atoms with Crippen LogP contribution < -0.4 is 0 Å². The molecule has 0 spiro atoms. The van der Waals surface area contributed by atoms with Crippen LogP contribution in [0.4, 0.5) is 0 Å². The Kier molecular flexibility index (Phi) is 6.09. The van der Waals surface area contributed by atoms with Gasteiger partial charge in [0.05, 0.1) is 20.3 Å². The number of hydroxylamine groups is 4. The van der Waals surface area contributed by atoms with Gasteiger partial charge in [0.25, 0.3) is 5.91 Å². The fourth-order valence-corrected chi connectivity index (χ4v) is 2.41. The third-order valence-electron chi connectivity index (χ3n) is 3.65. The molecule has 2 atom stereocenters. The summed E-state index contributed by atoms with van der Waals surface area (Å²) in [6.45, 7) is 2.40. The monoisotopic (exact) mass is 322 g/mol. The van der Waals surface area contributed by atoms with E-state index in [9.17, 15) is 9.59 Å². The number of carbonyl (C=O) groups excluding carboxylic acids is 2. The Hall–Kier alpha value is -1.96. The minimum Gasteiger partial charge on any atom is -0.464 e. The molecule has 1 amide bonds. The SMILES string of the molecule is CCOC(=O)[C@H]1C[C@H](C(=O)N(C)OC)N(Cc2ccccc2)O1. The van der Waals surface area contributed by atoms with Gasteiger partial charge in [0.1, 0.15) is 6.04 Å². The number of likely N-dealkylation sites (N-methyl/N-ethyl adjacent to an activating group) is 1. The molecule has 0 aromatic heterocycles. The van der Waals surface area contributed by atoms with Crippen LogP contribution in [0.3, 0.4) is 0 Å². The topological polar surface area (TPSA) is 68.3 Å². The molecular formula is C16H22N2O5. The zero-order chi connectivity index (χ0) is 16.8. The average Bonchev–Trinajstić information content (AvgIpc) is 2.98. The molecule has 0 aliphatic carbocycles. The van der Waals surface area contributed by atoms with Gasteiger partial charge in [-0.3, -0.25) is 14.5 Å². The summed E-state index contributed by atoms with van der Waals surface area (Å²) in [5, 5.41) is 2.66. The van der Waals surface area contributed by atoms with E-state index in [1.807, 2.05) is 30.3 Å². The summed E-state index contributed by atoms with van der Waals surface area (Å²) in [5.74, 6) is -0.726. The lowest BCUT2D eigenvalue weighted by molar-refractivity contribution is -0.205. The van der Waals surface area contributed by atoms with Crippen LogP contribution in [0.2, 0.25) is 0 Å². The van der Waals surface area contributed by atoms with Crippen LogP contribution in [0, 0.1) is 0 Å². The second-order valence-corrected chi connectivity index (χ2v) is 5.18. The molecule has 1 heterocycles. The summed E-state index contributed by atoms with van der Waals surface area (Å²) in [6, 6.07) is 9.00. The molecule has 1 aromatic carbocycles. The molecular weight excluding hydrogens is 300 g/mol. The summed E-state index contributed by atoms with van der Waals surface area (Å²) in [7, 11) is 2.94. The van der Waals surface area contributed by atoms with Crippen LogP contribution in [0.25, 0.3) is 0 Å². The lowest BCUT2D eigenvalue weighted by atomic mass is 10.1. The number of hydrogen-bond acceptors (Lipinski definition) is 6. The minimum atomic E-state index is -0.780. The van der Waals surface area contributed by atoms with Gasteiger partial charge in [0.15, 0.2) is 6.10 Å². The molecule has 1 aliphatic heterocycles. The van der Waals surface area contributed by atoms with Crippen LogP contribution >= 0.6 is 0 Å². The van der Waals surface area contributed by atoms with Crippen molar-refractivity contribution in [2.24, 2.45) is 0 Å². The number of rotatable bonds is 6. The quantitative estimate of drug-likeness (QED) is 0.578. The van der Waals surface area contributed by atoms with Crippen molar-refractivity contribution >= 4 is 11.9 Å². The van der Waals surface area contributed by atoms with E-state index < -0.39 is 18.1 Å². The molecule has 0 bridgehead atoms. The van der Waals surface area contributed by atoms with Gasteiger partial charge in [0, 0.05) is 13.5 Å². The first kappa shape index (κ1) is 17.4. The Morgan fingerprint density at radius 1 is 1.35 bits per heavy atom. The third kappa shape index (κ3) is 4.28. The van der Waals surface area contributed by atoms with Crippen LogP contribution in [0.5, 0.6) is 0 Å². The zero-order valence-corrected chi connectivity index (χ0v) is 13.6. The van der Waals surface area contributed by atoms with Crippen LogP contribution in [-0.2, 0) is 30.5 Å². The maximum atomic E-state index is 12.4. The lowest BCUT2D eigenvalue weighted by Gasteiger charge is -2.24. The van der Waals surface area contributed by atoms with E-state index >= 15 is 0 Å². The highest BCUT2D eigenvalue weighted by molar-refractivity contribution is 5.83. The van der Waals surface area contributed by atoms with Crippen molar-refractivity contribution in [3.05, 3.63) is 35.9 Å². The van der Waals surface area contributed by atoms with Crippen molar-refractivity contribution in [1.29, 1.82) is 0 Å². The molecule has 0 unspecified atom stereocenters. The summed E-state index contributed by atoms with van der Waals surface area (Å²) >= 11 is 0. The predicted octanol–water partition coefficient (Wildman–Crippen LogP) is 1.14. The van der Waals surface area contributed by atoms with Gasteiger partial charge in [-0.2, -0.15) is 5.06 Å². The van der Waals surface area contributed by atoms with E-state index in [1.54, 1.807) is 6.92 Å². The molecule has 0 N–H and O–H groups in total. The fourth-order valence-electron chi connectivity index (χ4n) is 2.41. The number of hydrogen-bond donors (Lipinski definition) is 0. The predicted molar refractivity (Wildman–Crippen MR) is 81.7 cm³/mol. The molecule has 2 rings (SSSR count). The van der Waals surface area contributed by atoms with Crippen molar-refractivity contribution in [2.45, 2.75) is 32.0 Å². The Morgan fingerprint density at radius 3 is 2.65 bits per heavy atom. The van der Waals surface area contributed by atoms with E-state index in [2.05, 4.69) is 0 Å². The first-order valence-corrected chi connectivity index (χ1v) is 7.52. The van der Waals surface area contributed by atoms with Gasteiger partial charge in [-0.15, -0.1) is 0 Å². The van der Waals surface area contributed by atoms with E-state index in [0.29, 0.717) is 6.54 Å². The Bertz CT molecular complexity index is 537. The summed E-state index contributed by atoms with van der Waals surface area (Å²) in [4.78, 5) is 35.0. The number of nitrogens with zero attached hydrogens (tertiary/aromatic N) is 2. The van der Waals surface area contributed by atoms with Crippen molar-refractivity contribution in [3.63, 3.8) is 0 Å². The molecule has 23 heavy (non-hydrogen) atoms. The first-order valence-electron chi connectivity index (χ1n) is 7.52. The molecule has 0 radical (unpaired) electrons. The van der Waals surface area contributed by atoms with Gasteiger partial charge < -0.3 is 4.74 Å². The minimum absolute atomic E-state index is 0.234. The molecule has 0 saturated carbocycles. The van der Waals surface area contributed by atoms with E-state index in [1.165, 1.54) is 19.2 Å². The van der Waals surface area contributed by atoms with Crippen LogP contribution in [-0.4, -0.2) is 54.9 Å². The molecule has 1 aromatic rings. The molecule has 1 aliphatic rings. The van der Waals surface area contributed by atoms with E-state index in [0.717, 1.165) is 10.6 Å². The van der Waals surface area contributed by atoms with Gasteiger partial charge in [-0.05, 0) is 12.5 Å². The highest BCUT2D eigenvalue weighted by Crippen LogP contribution is 2.25. The van der Waals surface area contributed by atoms with Gasteiger partial charge >= 0.3 is 5.97 Å². The Balaban J connectivity index is 2.14. The van der Waals surface area contributed by atoms with Gasteiger partial charge in [-0.25, -0.2) is 9.86 Å². The third-order valence-corrected chi connectivity index (χ3v) is 3.65. The average molecular weight is 322 g/mol. The maximum absolute atomic E-state index is 12.4. The smallest absolute Gasteiger partial charge is 0.337 e. The second-order valence-electron chi connectivity index (χ2n) is 5.18. The number of esters is 1. The van der Waals surface area contributed by atoms with Gasteiger partial charge in [0.2, 0.25) is 0 Å². The molecule has 1 fully saturated rings. The van der Waals surface area contributed by atoms with Crippen LogP contribution in [0.1, 0.15) is 18.9 Å². The molecule has 126 valence electrons. The maximum Gasteiger partial charge on any atom is 0.337 e. The highest BCUT2D eigenvalue weighted by Gasteiger charge is 2.43. The van der Waals surface area contributed by atoms with Crippen molar-refractivity contribution in [2.75, 3.05) is 20.8 Å². The Morgan fingerprint density at radius 2 is 2.04 bits per heavy atom.